The van der Waals surface area contributed by atoms with Gasteiger partial charge in [0.2, 0.25) is 0 Å². The fourth-order valence-electron chi connectivity index (χ4n) is 3.33. The van der Waals surface area contributed by atoms with E-state index in [1.165, 1.54) is 6.07 Å². The number of carboxylic acids is 1. The molecule has 204 valence electrons. The number of nitrogens with zero attached hydrogens (tertiary/aromatic N) is 1. The summed E-state index contributed by atoms with van der Waals surface area (Å²) in [6.45, 7) is 1.57. The molecule has 0 radical (unpaired) electrons. The van der Waals surface area contributed by atoms with Gasteiger partial charge in [-0.1, -0.05) is 43.2 Å². The van der Waals surface area contributed by atoms with Crippen molar-refractivity contribution in [1.29, 1.82) is 0 Å². The third kappa shape index (κ3) is 9.75. The van der Waals surface area contributed by atoms with Crippen molar-refractivity contribution in [2.24, 2.45) is 0 Å². The van der Waals surface area contributed by atoms with E-state index in [0.717, 1.165) is 42.7 Å². The van der Waals surface area contributed by atoms with Crippen LogP contribution in [0.2, 0.25) is 0 Å². The monoisotopic (exact) mass is 539 g/mol. The number of nitrogens with one attached hydrogen (secondary N) is 2. The molecule has 38 heavy (non-hydrogen) atoms. The number of imidazole rings is 1. The summed E-state index contributed by atoms with van der Waals surface area (Å²) in [6.07, 6.45) is 0.143. The number of carboxylic acid groups (broad SMARTS) is 1. The first-order valence-electron chi connectivity index (χ1n) is 11.5. The van der Waals surface area contributed by atoms with Crippen LogP contribution in [0.15, 0.2) is 54.7 Å². The number of carbonyl (C=O) groups excluding carboxylic acids is 2. The molecular formula is C26H26F5N3O4. The summed E-state index contributed by atoms with van der Waals surface area (Å²) in [4.78, 5) is 40.4. The molecule has 7 nitrogen and oxygen atoms in total. The van der Waals surface area contributed by atoms with Crippen LogP contribution in [-0.4, -0.2) is 38.9 Å². The number of rotatable bonds is 10. The Bertz CT molecular complexity index is 1230. The lowest BCUT2D eigenvalue weighted by molar-refractivity contribution is -0.192. The minimum Gasteiger partial charge on any atom is -0.475 e. The zero-order valence-electron chi connectivity index (χ0n) is 20.3. The Balaban J connectivity index is 0.000000638. The number of H-pyrrole nitrogens is 1. The van der Waals surface area contributed by atoms with E-state index in [-0.39, 0.29) is 11.3 Å². The van der Waals surface area contributed by atoms with Crippen molar-refractivity contribution in [1.82, 2.24) is 15.3 Å². The van der Waals surface area contributed by atoms with Crippen LogP contribution in [0.25, 0.3) is 11.3 Å². The van der Waals surface area contributed by atoms with Gasteiger partial charge in [-0.05, 0) is 43.5 Å². The Morgan fingerprint density at radius 1 is 1.00 bits per heavy atom. The van der Waals surface area contributed by atoms with Crippen molar-refractivity contribution < 1.29 is 41.4 Å². The number of amides is 1. The quantitative estimate of drug-likeness (QED) is 0.216. The lowest BCUT2D eigenvalue weighted by Gasteiger charge is -2.17. The first kappa shape index (κ1) is 30.1. The molecule has 0 spiro atoms. The van der Waals surface area contributed by atoms with Crippen LogP contribution >= 0.6 is 0 Å². The van der Waals surface area contributed by atoms with Crippen LogP contribution in [-0.2, 0) is 9.59 Å². The van der Waals surface area contributed by atoms with Gasteiger partial charge in [-0.3, -0.25) is 4.79 Å². The van der Waals surface area contributed by atoms with Crippen molar-refractivity contribution in [3.8, 4) is 11.3 Å². The van der Waals surface area contributed by atoms with E-state index < -0.39 is 35.7 Å². The highest BCUT2D eigenvalue weighted by molar-refractivity contribution is 5.94. The average molecular weight is 540 g/mol. The predicted molar refractivity (Wildman–Crippen MR) is 128 cm³/mol. The van der Waals surface area contributed by atoms with E-state index in [1.54, 1.807) is 13.1 Å². The van der Waals surface area contributed by atoms with Crippen LogP contribution in [0, 0.1) is 11.6 Å². The van der Waals surface area contributed by atoms with E-state index in [2.05, 4.69) is 15.3 Å². The molecule has 3 rings (SSSR count). The lowest BCUT2D eigenvalue weighted by atomic mass is 10.0. The summed E-state index contributed by atoms with van der Waals surface area (Å²) in [6, 6.07) is 12.3. The Morgan fingerprint density at radius 3 is 2.24 bits per heavy atom. The normalized spacial score (nSPS) is 11.7. The van der Waals surface area contributed by atoms with Crippen molar-refractivity contribution >= 4 is 17.7 Å². The third-order valence-electron chi connectivity index (χ3n) is 5.26. The van der Waals surface area contributed by atoms with Gasteiger partial charge in [0, 0.05) is 12.0 Å². The maximum absolute atomic E-state index is 13.5. The Hall–Kier alpha value is -4.09. The minimum absolute atomic E-state index is 0.0373. The number of aromatic amines is 1. The minimum atomic E-state index is -5.08. The van der Waals surface area contributed by atoms with Gasteiger partial charge in [0.1, 0.15) is 11.6 Å². The Labute approximate surface area is 215 Å². The molecule has 0 fully saturated rings. The standard InChI is InChI=1S/C24H25F2N3O2.C2HF3O2/c1-16(30)8-4-2-7-11-21(29-24(31)18-12-13-19(25)20(26)14-18)23-27-15-22(28-23)17-9-5-3-6-10-17;3-2(4,5)1(6)7/h3,5-6,9-10,12-15,21H,2,4,7-8,11H2,1H3,(H,27,28)(H,29,31);(H,6,7)/t21-;/m0./s1. The van der Waals surface area contributed by atoms with Gasteiger partial charge in [-0.25, -0.2) is 18.6 Å². The maximum atomic E-state index is 13.5. The number of ketones is 1. The fourth-order valence-corrected chi connectivity index (χ4v) is 3.33. The van der Waals surface area contributed by atoms with Crippen molar-refractivity contribution in [2.45, 2.75) is 51.2 Å². The largest absolute Gasteiger partial charge is 0.490 e. The number of unbranched alkanes of at least 4 members (excludes halogenated alkanes) is 2. The molecule has 1 aromatic heterocycles. The molecule has 3 aromatic rings. The molecule has 0 aliphatic carbocycles. The van der Waals surface area contributed by atoms with Crippen molar-refractivity contribution in [3.05, 3.63) is 77.8 Å². The van der Waals surface area contributed by atoms with Gasteiger partial charge in [-0.2, -0.15) is 13.2 Å². The SMILES string of the molecule is CC(=O)CCCCC[C@H](NC(=O)c1ccc(F)c(F)c1)c1ncc(-c2ccccc2)[nH]1.O=C(O)C(F)(F)F. The molecule has 0 aliphatic rings. The molecule has 0 aliphatic heterocycles. The second kappa shape index (κ2) is 14.0. The summed E-state index contributed by atoms with van der Waals surface area (Å²) >= 11 is 0. The number of halogens is 5. The summed E-state index contributed by atoms with van der Waals surface area (Å²) in [5.74, 6) is -4.60. The molecule has 0 saturated heterocycles. The van der Waals surface area contributed by atoms with Gasteiger partial charge in [0.15, 0.2) is 11.6 Å². The molecular weight excluding hydrogens is 513 g/mol. The number of aromatic nitrogens is 2. The van der Waals surface area contributed by atoms with Crippen molar-refractivity contribution in [3.63, 3.8) is 0 Å². The molecule has 3 N–H and O–H groups in total. The second-order valence-corrected chi connectivity index (χ2v) is 8.31. The first-order chi connectivity index (χ1) is 17.9. The topological polar surface area (TPSA) is 112 Å². The molecule has 2 aromatic carbocycles. The van der Waals surface area contributed by atoms with E-state index in [0.29, 0.717) is 18.7 Å². The van der Waals surface area contributed by atoms with Gasteiger partial charge < -0.3 is 20.2 Å². The molecule has 1 amide bonds. The number of hydrogen-bond acceptors (Lipinski definition) is 4. The van der Waals surface area contributed by atoms with Crippen molar-refractivity contribution in [2.75, 3.05) is 0 Å². The number of Topliss-reactive ketones (excluding diaryl/α,β-unsaturated/α-hetero) is 1. The van der Waals surface area contributed by atoms with E-state index >= 15 is 0 Å². The van der Waals surface area contributed by atoms with E-state index in [9.17, 15) is 31.5 Å². The summed E-state index contributed by atoms with van der Waals surface area (Å²) < 4.78 is 58.5. The van der Waals surface area contributed by atoms with Crippen LogP contribution < -0.4 is 5.32 Å². The average Bonchev–Trinajstić information content (AvgIpc) is 3.35. The fraction of sp³-hybridized carbons (Fsp3) is 0.308. The van der Waals surface area contributed by atoms with Crippen LogP contribution in [0.4, 0.5) is 22.0 Å². The zero-order valence-corrected chi connectivity index (χ0v) is 20.3. The number of hydrogen-bond donors (Lipinski definition) is 3. The summed E-state index contributed by atoms with van der Waals surface area (Å²) in [5.41, 5.74) is 1.82. The van der Waals surface area contributed by atoms with Gasteiger partial charge >= 0.3 is 12.1 Å². The molecule has 0 saturated carbocycles. The lowest BCUT2D eigenvalue weighted by Crippen LogP contribution is -2.29. The number of aliphatic carboxylic acids is 1. The second-order valence-electron chi connectivity index (χ2n) is 8.31. The van der Waals surface area contributed by atoms with E-state index in [4.69, 9.17) is 9.90 Å². The highest BCUT2D eigenvalue weighted by Gasteiger charge is 2.38. The van der Waals surface area contributed by atoms with E-state index in [1.807, 2.05) is 30.3 Å². The third-order valence-corrected chi connectivity index (χ3v) is 5.26. The molecule has 12 heteroatoms. The van der Waals surface area contributed by atoms with Gasteiger partial charge in [0.25, 0.3) is 5.91 Å². The molecule has 0 unspecified atom stereocenters. The predicted octanol–water partition coefficient (Wildman–Crippen LogP) is 6.00. The first-order valence-corrected chi connectivity index (χ1v) is 11.5. The van der Waals surface area contributed by atoms with Crippen LogP contribution in [0.5, 0.6) is 0 Å². The van der Waals surface area contributed by atoms with Gasteiger partial charge in [-0.15, -0.1) is 0 Å². The van der Waals surface area contributed by atoms with Crippen LogP contribution in [0.3, 0.4) is 0 Å². The van der Waals surface area contributed by atoms with Crippen LogP contribution in [0.1, 0.15) is 61.3 Å². The number of carbonyl (C=O) groups is 3. The molecule has 0 bridgehead atoms. The summed E-state index contributed by atoms with van der Waals surface area (Å²) in [5, 5.41) is 10.00. The number of alkyl halides is 3. The molecule has 1 atom stereocenters. The Kier molecular flexibility index (Phi) is 11.1. The zero-order chi connectivity index (χ0) is 28.3. The smallest absolute Gasteiger partial charge is 0.475 e. The highest BCUT2D eigenvalue weighted by Crippen LogP contribution is 2.23. The maximum Gasteiger partial charge on any atom is 0.490 e. The number of benzene rings is 2. The van der Waals surface area contributed by atoms with Gasteiger partial charge in [0.05, 0.1) is 17.9 Å². The molecule has 1 heterocycles. The highest BCUT2D eigenvalue weighted by atomic mass is 19.4. The summed E-state index contributed by atoms with van der Waals surface area (Å²) in [7, 11) is 0. The Morgan fingerprint density at radius 2 is 1.66 bits per heavy atom.